The van der Waals surface area contributed by atoms with Crippen LogP contribution in [0, 0.1) is 0 Å². The Labute approximate surface area is 166 Å². The average Bonchev–Trinajstić information content (AvgIpc) is 3.20. The second kappa shape index (κ2) is 7.51. The van der Waals surface area contributed by atoms with Crippen LogP contribution in [-0.4, -0.2) is 41.2 Å². The summed E-state index contributed by atoms with van der Waals surface area (Å²) in [6.45, 7) is 6.92. The first-order valence-corrected chi connectivity index (χ1v) is 10.3. The topological polar surface area (TPSA) is 42.3 Å². The van der Waals surface area contributed by atoms with Crippen molar-refractivity contribution in [2.24, 2.45) is 0 Å². The fourth-order valence-corrected chi connectivity index (χ4v) is 4.61. The van der Waals surface area contributed by atoms with Crippen LogP contribution in [0.15, 0.2) is 30.3 Å². The Bertz CT molecular complexity index is 1080. The van der Waals surface area contributed by atoms with Gasteiger partial charge in [0.1, 0.15) is 0 Å². The Kier molecular flexibility index (Phi) is 5.07. The fourth-order valence-electron chi connectivity index (χ4n) is 4.61. The molecule has 0 atom stereocenters. The van der Waals surface area contributed by atoms with Gasteiger partial charge in [-0.3, -0.25) is 9.59 Å². The zero-order valence-corrected chi connectivity index (χ0v) is 17.0. The number of aryl methyl sites for hydroxylation is 2. The molecule has 0 N–H and O–H groups in total. The van der Waals surface area contributed by atoms with Crippen LogP contribution < -0.4 is 0 Å². The highest BCUT2D eigenvalue weighted by atomic mass is 16.1. The Hall–Kier alpha value is -2.46. The number of carbonyl (C=O) groups is 2. The van der Waals surface area contributed by atoms with Crippen LogP contribution in [0.3, 0.4) is 0 Å². The van der Waals surface area contributed by atoms with Gasteiger partial charge in [-0.25, -0.2) is 0 Å². The molecule has 0 radical (unpaired) electrons. The summed E-state index contributed by atoms with van der Waals surface area (Å²) in [7, 11) is 2.17. The third kappa shape index (κ3) is 3.16. The average molecular weight is 377 g/mol. The lowest BCUT2D eigenvalue weighted by Crippen LogP contribution is -2.21. The molecule has 0 fully saturated rings. The van der Waals surface area contributed by atoms with E-state index in [1.807, 2.05) is 18.2 Å². The fraction of sp³-hybridized carbons (Fsp3) is 0.417. The van der Waals surface area contributed by atoms with Gasteiger partial charge < -0.3 is 9.47 Å². The van der Waals surface area contributed by atoms with Crippen molar-refractivity contribution in [3.63, 3.8) is 0 Å². The van der Waals surface area contributed by atoms with Crippen molar-refractivity contribution >= 4 is 33.4 Å². The first kappa shape index (κ1) is 18.9. The minimum atomic E-state index is 0.0765. The Morgan fingerprint density at radius 1 is 1.11 bits per heavy atom. The molecule has 0 amide bonds. The highest BCUT2D eigenvalue weighted by molar-refractivity contribution is 6.16. The quantitative estimate of drug-likeness (QED) is 0.553. The van der Waals surface area contributed by atoms with Gasteiger partial charge >= 0.3 is 0 Å². The van der Waals surface area contributed by atoms with Crippen molar-refractivity contribution in [3.8, 4) is 0 Å². The van der Waals surface area contributed by atoms with E-state index in [2.05, 4.69) is 35.6 Å². The number of aromatic nitrogens is 1. The zero-order valence-electron chi connectivity index (χ0n) is 17.0. The molecule has 0 aliphatic heterocycles. The molecule has 1 aromatic heterocycles. The number of hydrogen-bond acceptors (Lipinski definition) is 3. The monoisotopic (exact) mass is 376 g/mol. The van der Waals surface area contributed by atoms with E-state index >= 15 is 0 Å². The van der Waals surface area contributed by atoms with Crippen molar-refractivity contribution in [1.29, 1.82) is 0 Å². The number of nitrogens with zero attached hydrogens (tertiary/aromatic N) is 2. The predicted molar refractivity (Wildman–Crippen MR) is 115 cm³/mol. The number of Topliss-reactive ketones (excluding diaryl/α,β-unsaturated/α-hetero) is 2. The number of ketones is 2. The molecule has 0 bridgehead atoms. The second-order valence-corrected chi connectivity index (χ2v) is 8.01. The van der Waals surface area contributed by atoms with Crippen LogP contribution in [0.25, 0.3) is 21.8 Å². The van der Waals surface area contributed by atoms with Crippen LogP contribution in [0.4, 0.5) is 0 Å². The molecule has 1 heterocycles. The summed E-state index contributed by atoms with van der Waals surface area (Å²) < 4.78 is 2.37. The molecule has 0 saturated carbocycles. The maximum absolute atomic E-state index is 12.3. The predicted octanol–water partition coefficient (Wildman–Crippen LogP) is 4.86. The summed E-state index contributed by atoms with van der Waals surface area (Å²) in [6, 6.07) is 10.1. The van der Waals surface area contributed by atoms with Crippen molar-refractivity contribution < 1.29 is 9.59 Å². The third-order valence-electron chi connectivity index (χ3n) is 5.97. The number of rotatable bonds is 7. The highest BCUT2D eigenvalue weighted by Gasteiger charge is 2.25. The van der Waals surface area contributed by atoms with Gasteiger partial charge in [0.15, 0.2) is 11.6 Å². The number of benzene rings is 2. The Morgan fingerprint density at radius 3 is 2.64 bits per heavy atom. The summed E-state index contributed by atoms with van der Waals surface area (Å²) in [5.41, 5.74) is 5.10. The molecule has 146 valence electrons. The van der Waals surface area contributed by atoms with Crippen molar-refractivity contribution in [3.05, 3.63) is 47.0 Å². The van der Waals surface area contributed by atoms with E-state index in [1.54, 1.807) is 6.92 Å². The smallest absolute Gasteiger partial charge is 0.163 e. The van der Waals surface area contributed by atoms with Crippen LogP contribution >= 0.6 is 0 Å². The SMILES string of the molecule is CCCN(C)CCCn1c2ccc(C(C)=O)cc2c2c3c(ccc21)C(=O)CC3. The first-order valence-electron chi connectivity index (χ1n) is 10.3. The van der Waals surface area contributed by atoms with E-state index in [0.717, 1.165) is 60.1 Å². The maximum Gasteiger partial charge on any atom is 0.163 e. The summed E-state index contributed by atoms with van der Waals surface area (Å²) in [5, 5.41) is 2.28. The van der Waals surface area contributed by atoms with Crippen molar-refractivity contribution in [2.75, 3.05) is 20.1 Å². The number of hydrogen-bond donors (Lipinski definition) is 0. The number of fused-ring (bicyclic) bond motifs is 5. The maximum atomic E-state index is 12.3. The van der Waals surface area contributed by atoms with E-state index < -0.39 is 0 Å². The standard InChI is InChI=1S/C24H28N2O2/c1-4-12-25(3)13-5-14-26-21-9-6-17(16(2)27)15-20(21)24-19-8-11-23(28)18(19)7-10-22(24)26/h6-7,9-10,15H,4-5,8,11-14H2,1-3H3. The van der Waals surface area contributed by atoms with E-state index in [4.69, 9.17) is 0 Å². The summed E-state index contributed by atoms with van der Waals surface area (Å²) in [4.78, 5) is 26.6. The molecule has 3 aromatic rings. The van der Waals surface area contributed by atoms with Gasteiger partial charge in [0.05, 0.1) is 0 Å². The van der Waals surface area contributed by atoms with Gasteiger partial charge in [-0.15, -0.1) is 0 Å². The molecule has 0 spiro atoms. The Morgan fingerprint density at radius 2 is 1.89 bits per heavy atom. The summed E-state index contributed by atoms with van der Waals surface area (Å²) in [5.74, 6) is 0.314. The van der Waals surface area contributed by atoms with Crippen LogP contribution in [0.1, 0.15) is 59.4 Å². The molecular weight excluding hydrogens is 348 g/mol. The Balaban J connectivity index is 1.84. The molecule has 2 aromatic carbocycles. The van der Waals surface area contributed by atoms with Crippen molar-refractivity contribution in [2.45, 2.75) is 46.1 Å². The third-order valence-corrected chi connectivity index (χ3v) is 5.97. The molecule has 4 heteroatoms. The van der Waals surface area contributed by atoms with Gasteiger partial charge in [-0.1, -0.05) is 6.92 Å². The van der Waals surface area contributed by atoms with Gasteiger partial charge in [-0.05, 0) is 82.2 Å². The lowest BCUT2D eigenvalue weighted by molar-refractivity contribution is 0.0991. The molecule has 28 heavy (non-hydrogen) atoms. The molecule has 0 saturated heterocycles. The van der Waals surface area contributed by atoms with Gasteiger partial charge in [0, 0.05) is 45.9 Å². The molecule has 4 nitrogen and oxygen atoms in total. The molecule has 0 unspecified atom stereocenters. The van der Waals surface area contributed by atoms with E-state index in [9.17, 15) is 9.59 Å². The molecule has 1 aliphatic carbocycles. The number of carbonyl (C=O) groups excluding carboxylic acids is 2. The first-order chi connectivity index (χ1) is 13.5. The van der Waals surface area contributed by atoms with Crippen LogP contribution in [0.5, 0.6) is 0 Å². The summed E-state index contributed by atoms with van der Waals surface area (Å²) in [6.07, 6.45) is 3.63. The second-order valence-electron chi connectivity index (χ2n) is 8.01. The minimum absolute atomic E-state index is 0.0765. The lowest BCUT2D eigenvalue weighted by atomic mass is 10.0. The van der Waals surface area contributed by atoms with E-state index in [0.29, 0.717) is 6.42 Å². The molecule has 4 rings (SSSR count). The normalized spacial score (nSPS) is 13.8. The van der Waals surface area contributed by atoms with Gasteiger partial charge in [0.25, 0.3) is 0 Å². The summed E-state index contributed by atoms with van der Waals surface area (Å²) >= 11 is 0. The molecule has 1 aliphatic rings. The lowest BCUT2D eigenvalue weighted by Gasteiger charge is -2.16. The van der Waals surface area contributed by atoms with E-state index in [1.165, 1.54) is 17.3 Å². The minimum Gasteiger partial charge on any atom is -0.340 e. The van der Waals surface area contributed by atoms with Gasteiger partial charge in [0.2, 0.25) is 0 Å². The molecular formula is C24H28N2O2. The zero-order chi connectivity index (χ0) is 19.8. The van der Waals surface area contributed by atoms with Crippen LogP contribution in [-0.2, 0) is 13.0 Å². The largest absolute Gasteiger partial charge is 0.340 e. The van der Waals surface area contributed by atoms with Gasteiger partial charge in [-0.2, -0.15) is 0 Å². The highest BCUT2D eigenvalue weighted by Crippen LogP contribution is 2.37. The van der Waals surface area contributed by atoms with Crippen LogP contribution in [0.2, 0.25) is 0 Å². The van der Waals surface area contributed by atoms with E-state index in [-0.39, 0.29) is 11.6 Å². The van der Waals surface area contributed by atoms with Crippen molar-refractivity contribution in [1.82, 2.24) is 9.47 Å².